The van der Waals surface area contributed by atoms with Crippen molar-refractivity contribution in [1.29, 1.82) is 0 Å². The van der Waals surface area contributed by atoms with Gasteiger partial charge < -0.3 is 29.8 Å². The fourth-order valence-electron chi connectivity index (χ4n) is 3.01. The molecule has 0 fully saturated rings. The summed E-state index contributed by atoms with van der Waals surface area (Å²) in [5.74, 6) is -0.661. The molecular weight excluding hydrogens is 410 g/mol. The summed E-state index contributed by atoms with van der Waals surface area (Å²) in [6.45, 7) is 1.66. The number of pyridine rings is 1. The van der Waals surface area contributed by atoms with Crippen LogP contribution in [0.1, 0.15) is 25.6 Å². The first-order valence-electron chi connectivity index (χ1n) is 8.83. The standard InChI is InChI=1S/C20H21N3O6S/c1-9-13-15(24)14(18(26)22-19(13)30-16(9)20(27)23(2)3)17(25)21-10-6-7-11(28-4)12(8-10)29-5/h6-8H,1-5H3,(H,21,25)(H2,22,24,26). The number of ether oxygens (including phenoxy) is 2. The molecule has 0 bridgehead atoms. The number of aromatic amines is 1. The number of anilines is 1. The van der Waals surface area contributed by atoms with Crippen molar-refractivity contribution >= 4 is 39.1 Å². The molecule has 0 radical (unpaired) electrons. The highest BCUT2D eigenvalue weighted by atomic mass is 32.1. The highest BCUT2D eigenvalue weighted by Gasteiger charge is 2.25. The molecule has 0 atom stereocenters. The van der Waals surface area contributed by atoms with Crippen LogP contribution in [0.3, 0.4) is 0 Å². The lowest BCUT2D eigenvalue weighted by Crippen LogP contribution is -2.23. The third-order valence-corrected chi connectivity index (χ3v) is 5.74. The van der Waals surface area contributed by atoms with Gasteiger partial charge in [-0.3, -0.25) is 14.4 Å². The van der Waals surface area contributed by atoms with Gasteiger partial charge >= 0.3 is 0 Å². The van der Waals surface area contributed by atoms with Crippen molar-refractivity contribution in [2.24, 2.45) is 0 Å². The third-order valence-electron chi connectivity index (χ3n) is 4.54. The topological polar surface area (TPSA) is 121 Å². The van der Waals surface area contributed by atoms with Crippen molar-refractivity contribution < 1.29 is 24.2 Å². The summed E-state index contributed by atoms with van der Waals surface area (Å²) in [6, 6.07) is 4.71. The summed E-state index contributed by atoms with van der Waals surface area (Å²) < 4.78 is 10.4. The SMILES string of the molecule is COc1ccc(NC(=O)c2c(O)c3c(C)c(C(=O)N(C)C)sc3[nH]c2=O)cc1OC. The first-order chi connectivity index (χ1) is 14.2. The predicted molar refractivity (Wildman–Crippen MR) is 114 cm³/mol. The van der Waals surface area contributed by atoms with Gasteiger partial charge in [0, 0.05) is 25.8 Å². The first-order valence-corrected chi connectivity index (χ1v) is 9.64. The van der Waals surface area contributed by atoms with Crippen LogP contribution in [0.15, 0.2) is 23.0 Å². The number of carbonyl (C=O) groups excluding carboxylic acids is 2. The van der Waals surface area contributed by atoms with Crippen LogP contribution < -0.4 is 20.3 Å². The maximum Gasteiger partial charge on any atom is 0.265 e. The summed E-state index contributed by atoms with van der Waals surface area (Å²) in [5.41, 5.74) is -0.366. The van der Waals surface area contributed by atoms with Gasteiger partial charge in [-0.05, 0) is 24.6 Å². The van der Waals surface area contributed by atoms with Crippen molar-refractivity contribution in [1.82, 2.24) is 9.88 Å². The predicted octanol–water partition coefficient (Wildman–Crippen LogP) is 2.57. The van der Waals surface area contributed by atoms with Gasteiger partial charge in [0.05, 0.1) is 24.5 Å². The number of rotatable bonds is 5. The molecule has 2 heterocycles. The van der Waals surface area contributed by atoms with E-state index in [9.17, 15) is 19.5 Å². The molecular formula is C20H21N3O6S. The Bertz CT molecular complexity index is 1210. The highest BCUT2D eigenvalue weighted by molar-refractivity contribution is 7.20. The van der Waals surface area contributed by atoms with Crippen molar-refractivity contribution in [3.05, 3.63) is 44.6 Å². The number of H-pyrrole nitrogens is 1. The maximum atomic E-state index is 12.8. The maximum absolute atomic E-state index is 12.8. The molecule has 158 valence electrons. The van der Waals surface area contributed by atoms with Crippen LogP contribution in [-0.2, 0) is 0 Å². The molecule has 9 nitrogen and oxygen atoms in total. The zero-order valence-corrected chi connectivity index (χ0v) is 17.9. The van der Waals surface area contributed by atoms with Crippen LogP contribution in [0, 0.1) is 6.92 Å². The molecule has 2 aromatic heterocycles. The lowest BCUT2D eigenvalue weighted by atomic mass is 10.1. The number of methoxy groups -OCH3 is 2. The molecule has 0 unspecified atom stereocenters. The molecule has 0 saturated heterocycles. The molecule has 1 aromatic carbocycles. The number of nitrogens with one attached hydrogen (secondary N) is 2. The Morgan fingerprint density at radius 1 is 1.17 bits per heavy atom. The molecule has 0 aliphatic rings. The average Bonchev–Trinajstić information content (AvgIpc) is 3.03. The summed E-state index contributed by atoms with van der Waals surface area (Å²) in [5, 5.41) is 13.6. The number of amides is 2. The summed E-state index contributed by atoms with van der Waals surface area (Å²) in [6.07, 6.45) is 0. The largest absolute Gasteiger partial charge is 0.506 e. The lowest BCUT2D eigenvalue weighted by molar-refractivity contribution is 0.0831. The van der Waals surface area contributed by atoms with Crippen LogP contribution >= 0.6 is 11.3 Å². The van der Waals surface area contributed by atoms with Gasteiger partial charge in [-0.2, -0.15) is 0 Å². The molecule has 2 amide bonds. The van der Waals surface area contributed by atoms with Crippen LogP contribution in [0.5, 0.6) is 17.2 Å². The van der Waals surface area contributed by atoms with Crippen LogP contribution in [0.25, 0.3) is 10.2 Å². The number of carbonyl (C=O) groups is 2. The summed E-state index contributed by atoms with van der Waals surface area (Å²) in [4.78, 5) is 42.4. The molecule has 3 N–H and O–H groups in total. The fraction of sp³-hybridized carbons (Fsp3) is 0.250. The second kappa shape index (κ2) is 8.07. The Kier molecular flexibility index (Phi) is 5.70. The third kappa shape index (κ3) is 3.57. The van der Waals surface area contributed by atoms with Crippen LogP contribution in [0.2, 0.25) is 0 Å². The van der Waals surface area contributed by atoms with E-state index in [2.05, 4.69) is 10.3 Å². The summed E-state index contributed by atoms with van der Waals surface area (Å²) >= 11 is 1.05. The quantitative estimate of drug-likeness (QED) is 0.571. The van der Waals surface area contributed by atoms with E-state index in [-0.39, 0.29) is 11.3 Å². The number of thiophene rings is 1. The number of aryl methyl sites for hydroxylation is 1. The van der Waals surface area contributed by atoms with E-state index in [1.165, 1.54) is 25.2 Å². The average molecular weight is 431 g/mol. The minimum Gasteiger partial charge on any atom is -0.506 e. The van der Waals surface area contributed by atoms with Crippen molar-refractivity contribution in [2.45, 2.75) is 6.92 Å². The van der Waals surface area contributed by atoms with E-state index in [1.807, 2.05) is 0 Å². The van der Waals surface area contributed by atoms with Gasteiger partial charge in [0.1, 0.15) is 16.1 Å². The second-order valence-electron chi connectivity index (χ2n) is 6.66. The molecule has 0 aliphatic heterocycles. The zero-order valence-electron chi connectivity index (χ0n) is 17.1. The minimum atomic E-state index is -0.797. The second-order valence-corrected chi connectivity index (χ2v) is 7.68. The minimum absolute atomic E-state index is 0.259. The van der Waals surface area contributed by atoms with Crippen LogP contribution in [0.4, 0.5) is 5.69 Å². The normalized spacial score (nSPS) is 10.7. The van der Waals surface area contributed by atoms with E-state index in [0.29, 0.717) is 32.5 Å². The van der Waals surface area contributed by atoms with Crippen molar-refractivity contribution in [3.8, 4) is 17.2 Å². The molecule has 3 aromatic rings. The number of aromatic nitrogens is 1. The number of fused-ring (bicyclic) bond motifs is 1. The number of benzene rings is 1. The van der Waals surface area contributed by atoms with Crippen LogP contribution in [-0.4, -0.2) is 55.1 Å². The smallest absolute Gasteiger partial charge is 0.265 e. The zero-order chi connectivity index (χ0) is 22.2. The van der Waals surface area contributed by atoms with Gasteiger partial charge in [0.15, 0.2) is 11.5 Å². The fourth-order valence-corrected chi connectivity index (χ4v) is 4.23. The Labute approximate surface area is 175 Å². The Balaban J connectivity index is 2.06. The van der Waals surface area contributed by atoms with Crippen molar-refractivity contribution in [3.63, 3.8) is 0 Å². The van der Waals surface area contributed by atoms with Gasteiger partial charge in [-0.25, -0.2) is 0 Å². The number of aromatic hydroxyl groups is 1. The Hall–Kier alpha value is -3.53. The number of hydrogen-bond acceptors (Lipinski definition) is 7. The number of nitrogens with zero attached hydrogens (tertiary/aromatic N) is 1. The summed E-state index contributed by atoms with van der Waals surface area (Å²) in [7, 11) is 6.16. The van der Waals surface area contributed by atoms with E-state index in [1.54, 1.807) is 33.2 Å². The molecule has 30 heavy (non-hydrogen) atoms. The van der Waals surface area contributed by atoms with Gasteiger partial charge in [-0.15, -0.1) is 11.3 Å². The van der Waals surface area contributed by atoms with Gasteiger partial charge in [-0.1, -0.05) is 0 Å². The van der Waals surface area contributed by atoms with Gasteiger partial charge in [0.25, 0.3) is 17.4 Å². The first kappa shape index (κ1) is 21.2. The Morgan fingerprint density at radius 2 is 1.83 bits per heavy atom. The monoisotopic (exact) mass is 431 g/mol. The lowest BCUT2D eigenvalue weighted by Gasteiger charge is -2.11. The van der Waals surface area contributed by atoms with E-state index >= 15 is 0 Å². The highest BCUT2D eigenvalue weighted by Crippen LogP contribution is 2.37. The Morgan fingerprint density at radius 3 is 2.43 bits per heavy atom. The molecule has 0 aliphatic carbocycles. The molecule has 3 rings (SSSR count). The van der Waals surface area contributed by atoms with E-state index in [0.717, 1.165) is 11.3 Å². The molecule has 0 saturated carbocycles. The van der Waals surface area contributed by atoms with Crippen molar-refractivity contribution in [2.75, 3.05) is 33.6 Å². The van der Waals surface area contributed by atoms with E-state index in [4.69, 9.17) is 9.47 Å². The molecule has 10 heteroatoms. The van der Waals surface area contributed by atoms with E-state index < -0.39 is 22.8 Å². The number of hydrogen-bond donors (Lipinski definition) is 3. The van der Waals surface area contributed by atoms with Gasteiger partial charge in [0.2, 0.25) is 0 Å². The molecule has 0 spiro atoms.